The van der Waals surface area contributed by atoms with Crippen LogP contribution in [0.5, 0.6) is 0 Å². The molecule has 2 N–H and O–H groups in total. The standard InChI is InChI=1S/C6H14BrNO2S/c1-6(11(8,9)10)4-2-3-5-7/h6H,2-5H2,1H3,(H2,8,9,10). The quantitative estimate of drug-likeness (QED) is 0.584. The maximum absolute atomic E-state index is 10.7. The van der Waals surface area contributed by atoms with Gasteiger partial charge < -0.3 is 0 Å². The SMILES string of the molecule is CC(CCCCBr)S(N)(=O)=O. The van der Waals surface area contributed by atoms with Crippen molar-refractivity contribution >= 4 is 26.0 Å². The van der Waals surface area contributed by atoms with Crippen LogP contribution in [0.4, 0.5) is 0 Å². The number of nitrogens with two attached hydrogens (primary N) is 1. The zero-order chi connectivity index (χ0) is 8.91. The second-order valence-electron chi connectivity index (χ2n) is 2.58. The Balaban J connectivity index is 3.62. The number of halogens is 1. The molecule has 0 aromatic heterocycles. The summed E-state index contributed by atoms with van der Waals surface area (Å²) < 4.78 is 21.4. The molecular formula is C6H14BrNO2S. The van der Waals surface area contributed by atoms with E-state index in [2.05, 4.69) is 15.9 Å². The van der Waals surface area contributed by atoms with Gasteiger partial charge in [0.25, 0.3) is 0 Å². The van der Waals surface area contributed by atoms with Gasteiger partial charge in [-0.2, -0.15) is 0 Å². The normalized spacial score (nSPS) is 14.8. The number of hydrogen-bond donors (Lipinski definition) is 1. The average Bonchev–Trinajstić information content (AvgIpc) is 1.86. The van der Waals surface area contributed by atoms with Gasteiger partial charge in [-0.1, -0.05) is 22.4 Å². The smallest absolute Gasteiger partial charge is 0.211 e. The molecular weight excluding hydrogens is 230 g/mol. The molecule has 68 valence electrons. The fraction of sp³-hybridized carbons (Fsp3) is 1.00. The number of hydrogen-bond acceptors (Lipinski definition) is 2. The van der Waals surface area contributed by atoms with E-state index in [0.29, 0.717) is 6.42 Å². The van der Waals surface area contributed by atoms with Crippen LogP contribution in [0.3, 0.4) is 0 Å². The van der Waals surface area contributed by atoms with Crippen LogP contribution in [0.2, 0.25) is 0 Å². The molecule has 0 radical (unpaired) electrons. The molecule has 0 heterocycles. The lowest BCUT2D eigenvalue weighted by molar-refractivity contribution is 0.573. The van der Waals surface area contributed by atoms with Gasteiger partial charge in [-0.05, 0) is 19.8 Å². The summed E-state index contributed by atoms with van der Waals surface area (Å²) in [5, 5.41) is 5.44. The van der Waals surface area contributed by atoms with Crippen molar-refractivity contribution < 1.29 is 8.42 Å². The lowest BCUT2D eigenvalue weighted by Gasteiger charge is -2.06. The first-order valence-electron chi connectivity index (χ1n) is 3.56. The minimum Gasteiger partial charge on any atom is -0.228 e. The van der Waals surface area contributed by atoms with E-state index in [1.165, 1.54) is 0 Å². The molecule has 0 aliphatic heterocycles. The van der Waals surface area contributed by atoms with Crippen molar-refractivity contribution in [2.24, 2.45) is 5.14 Å². The van der Waals surface area contributed by atoms with Crippen molar-refractivity contribution in [3.63, 3.8) is 0 Å². The number of unbranched alkanes of at least 4 members (excludes halogenated alkanes) is 1. The van der Waals surface area contributed by atoms with Crippen molar-refractivity contribution in [3.05, 3.63) is 0 Å². The molecule has 0 rings (SSSR count). The molecule has 11 heavy (non-hydrogen) atoms. The zero-order valence-corrected chi connectivity index (χ0v) is 8.99. The molecule has 0 aliphatic carbocycles. The Hall–Kier alpha value is 0.390. The first kappa shape index (κ1) is 11.4. The first-order chi connectivity index (χ1) is 4.98. The number of sulfonamides is 1. The maximum atomic E-state index is 10.7. The van der Waals surface area contributed by atoms with Gasteiger partial charge in [0.2, 0.25) is 10.0 Å². The summed E-state index contributed by atoms with van der Waals surface area (Å²) in [6.07, 6.45) is 2.56. The largest absolute Gasteiger partial charge is 0.228 e. The summed E-state index contributed by atoms with van der Waals surface area (Å²) in [4.78, 5) is 0. The van der Waals surface area contributed by atoms with Crippen LogP contribution < -0.4 is 5.14 Å². The van der Waals surface area contributed by atoms with Crippen LogP contribution >= 0.6 is 15.9 Å². The van der Waals surface area contributed by atoms with Crippen molar-refractivity contribution in [3.8, 4) is 0 Å². The summed E-state index contributed by atoms with van der Waals surface area (Å²) in [5.74, 6) is 0. The van der Waals surface area contributed by atoms with Crippen LogP contribution in [0.25, 0.3) is 0 Å². The molecule has 0 amide bonds. The van der Waals surface area contributed by atoms with Gasteiger partial charge in [0.1, 0.15) is 0 Å². The average molecular weight is 244 g/mol. The summed E-state index contributed by atoms with van der Waals surface area (Å²) in [7, 11) is -3.30. The lowest BCUT2D eigenvalue weighted by Crippen LogP contribution is -2.25. The van der Waals surface area contributed by atoms with E-state index in [9.17, 15) is 8.42 Å². The van der Waals surface area contributed by atoms with Crippen molar-refractivity contribution in [1.29, 1.82) is 0 Å². The highest BCUT2D eigenvalue weighted by Crippen LogP contribution is 2.07. The molecule has 0 spiro atoms. The minimum atomic E-state index is -3.30. The van der Waals surface area contributed by atoms with Crippen molar-refractivity contribution in [2.75, 3.05) is 5.33 Å². The van der Waals surface area contributed by atoms with Gasteiger partial charge in [-0.3, -0.25) is 0 Å². The first-order valence-corrected chi connectivity index (χ1v) is 6.29. The summed E-state index contributed by atoms with van der Waals surface area (Å²) >= 11 is 3.27. The van der Waals surface area contributed by atoms with Crippen LogP contribution in [-0.4, -0.2) is 19.0 Å². The Morgan fingerprint density at radius 2 is 2.00 bits per heavy atom. The van der Waals surface area contributed by atoms with Gasteiger partial charge >= 0.3 is 0 Å². The second kappa shape index (κ2) is 5.11. The molecule has 0 aliphatic rings. The van der Waals surface area contributed by atoms with E-state index in [1.54, 1.807) is 6.92 Å². The molecule has 0 saturated heterocycles. The predicted molar refractivity (Wildman–Crippen MR) is 50.2 cm³/mol. The Labute approximate surface area is 76.5 Å². The molecule has 0 saturated carbocycles. The van der Waals surface area contributed by atoms with Crippen molar-refractivity contribution in [1.82, 2.24) is 0 Å². The third-order valence-electron chi connectivity index (χ3n) is 1.56. The maximum Gasteiger partial charge on any atom is 0.211 e. The third-order valence-corrected chi connectivity index (χ3v) is 3.47. The van der Waals surface area contributed by atoms with E-state index in [4.69, 9.17) is 5.14 Å². The Bertz CT molecular complexity index is 191. The Morgan fingerprint density at radius 1 is 1.45 bits per heavy atom. The van der Waals surface area contributed by atoms with E-state index < -0.39 is 15.3 Å². The van der Waals surface area contributed by atoms with Crippen LogP contribution in [0, 0.1) is 0 Å². The molecule has 5 heteroatoms. The highest BCUT2D eigenvalue weighted by atomic mass is 79.9. The molecule has 0 fully saturated rings. The monoisotopic (exact) mass is 243 g/mol. The fourth-order valence-corrected chi connectivity index (χ4v) is 1.58. The highest BCUT2D eigenvalue weighted by Gasteiger charge is 2.13. The Morgan fingerprint density at radius 3 is 2.36 bits per heavy atom. The van der Waals surface area contributed by atoms with Gasteiger partial charge in [-0.25, -0.2) is 13.6 Å². The predicted octanol–water partition coefficient (Wildman–Crippen LogP) is 1.23. The lowest BCUT2D eigenvalue weighted by atomic mass is 10.2. The summed E-state index contributed by atoms with van der Waals surface area (Å²) in [6.45, 7) is 1.64. The highest BCUT2D eigenvalue weighted by molar-refractivity contribution is 9.09. The molecule has 1 atom stereocenters. The molecule has 3 nitrogen and oxygen atoms in total. The molecule has 0 aromatic rings. The van der Waals surface area contributed by atoms with Gasteiger partial charge in [0.05, 0.1) is 5.25 Å². The number of rotatable bonds is 5. The van der Waals surface area contributed by atoms with Crippen molar-refractivity contribution in [2.45, 2.75) is 31.4 Å². The fourth-order valence-electron chi connectivity index (χ4n) is 0.691. The third kappa shape index (κ3) is 5.64. The van der Waals surface area contributed by atoms with Gasteiger partial charge in [-0.15, -0.1) is 0 Å². The van der Waals surface area contributed by atoms with E-state index in [0.717, 1.165) is 18.2 Å². The van der Waals surface area contributed by atoms with Crippen LogP contribution in [0.15, 0.2) is 0 Å². The number of primary sulfonamides is 1. The second-order valence-corrected chi connectivity index (χ2v) is 5.36. The van der Waals surface area contributed by atoms with E-state index >= 15 is 0 Å². The molecule has 1 unspecified atom stereocenters. The van der Waals surface area contributed by atoms with E-state index in [1.807, 2.05) is 0 Å². The summed E-state index contributed by atoms with van der Waals surface area (Å²) in [5.41, 5.74) is 0. The van der Waals surface area contributed by atoms with Crippen LogP contribution in [0.1, 0.15) is 26.2 Å². The van der Waals surface area contributed by atoms with Crippen LogP contribution in [-0.2, 0) is 10.0 Å². The molecule has 0 bridgehead atoms. The summed E-state index contributed by atoms with van der Waals surface area (Å²) in [6, 6.07) is 0. The topological polar surface area (TPSA) is 60.2 Å². The molecule has 0 aromatic carbocycles. The van der Waals surface area contributed by atoms with E-state index in [-0.39, 0.29) is 0 Å². The number of alkyl halides is 1. The minimum absolute atomic E-state index is 0.401. The zero-order valence-electron chi connectivity index (χ0n) is 6.59. The van der Waals surface area contributed by atoms with Gasteiger partial charge in [0, 0.05) is 5.33 Å². The van der Waals surface area contributed by atoms with Gasteiger partial charge in [0.15, 0.2) is 0 Å². The Kier molecular flexibility index (Phi) is 5.29.